The van der Waals surface area contributed by atoms with Crippen LogP contribution in [0.5, 0.6) is 0 Å². The maximum absolute atomic E-state index is 11.9. The smallest absolute Gasteiger partial charge is 0.310 e. The average molecular weight is 282 g/mol. The highest BCUT2D eigenvalue weighted by Gasteiger charge is 2.10. The van der Waals surface area contributed by atoms with Crippen molar-refractivity contribution in [2.45, 2.75) is 19.8 Å². The SMILES string of the molecule is CCc1ccc(C(=O)COC(=O)Cc2ccccc2)cc1. The molecule has 0 bridgehead atoms. The third-order valence-corrected chi connectivity index (χ3v) is 3.24. The molecule has 108 valence electrons. The minimum atomic E-state index is -0.389. The molecule has 0 aromatic heterocycles. The van der Waals surface area contributed by atoms with Crippen molar-refractivity contribution in [1.82, 2.24) is 0 Å². The first kappa shape index (κ1) is 15.0. The highest BCUT2D eigenvalue weighted by Crippen LogP contribution is 2.07. The number of hydrogen-bond acceptors (Lipinski definition) is 3. The molecule has 2 rings (SSSR count). The summed E-state index contributed by atoms with van der Waals surface area (Å²) in [6.45, 7) is 1.85. The summed E-state index contributed by atoms with van der Waals surface area (Å²) in [6.07, 6.45) is 1.11. The number of benzene rings is 2. The van der Waals surface area contributed by atoms with Crippen molar-refractivity contribution in [2.75, 3.05) is 6.61 Å². The van der Waals surface area contributed by atoms with E-state index in [0.29, 0.717) is 5.56 Å². The molecule has 0 fully saturated rings. The van der Waals surface area contributed by atoms with Crippen LogP contribution >= 0.6 is 0 Å². The van der Waals surface area contributed by atoms with E-state index in [1.165, 1.54) is 5.56 Å². The highest BCUT2D eigenvalue weighted by molar-refractivity contribution is 5.98. The lowest BCUT2D eigenvalue weighted by Gasteiger charge is -2.05. The summed E-state index contributed by atoms with van der Waals surface area (Å²) in [5.41, 5.74) is 2.62. The summed E-state index contributed by atoms with van der Waals surface area (Å²) >= 11 is 0. The van der Waals surface area contributed by atoms with Gasteiger partial charge in [-0.1, -0.05) is 61.5 Å². The molecule has 0 heterocycles. The van der Waals surface area contributed by atoms with Crippen molar-refractivity contribution in [1.29, 1.82) is 0 Å². The van der Waals surface area contributed by atoms with Gasteiger partial charge in [0.25, 0.3) is 0 Å². The fourth-order valence-electron chi connectivity index (χ4n) is 1.97. The predicted molar refractivity (Wildman–Crippen MR) is 81.3 cm³/mol. The van der Waals surface area contributed by atoms with E-state index >= 15 is 0 Å². The van der Waals surface area contributed by atoms with Gasteiger partial charge in [0.15, 0.2) is 12.4 Å². The summed E-state index contributed by atoms with van der Waals surface area (Å²) in [7, 11) is 0. The number of ketones is 1. The number of rotatable bonds is 6. The maximum atomic E-state index is 11.9. The van der Waals surface area contributed by atoms with Gasteiger partial charge in [0.2, 0.25) is 0 Å². The van der Waals surface area contributed by atoms with E-state index in [1.54, 1.807) is 12.1 Å². The van der Waals surface area contributed by atoms with Crippen molar-refractivity contribution < 1.29 is 14.3 Å². The lowest BCUT2D eigenvalue weighted by molar-refractivity contribution is -0.141. The average Bonchev–Trinajstić information content (AvgIpc) is 2.53. The fraction of sp³-hybridized carbons (Fsp3) is 0.222. The van der Waals surface area contributed by atoms with Gasteiger partial charge in [-0.05, 0) is 17.5 Å². The molecule has 0 spiro atoms. The molecule has 0 aliphatic heterocycles. The molecule has 0 atom stereocenters. The molecule has 0 aliphatic carbocycles. The molecule has 0 radical (unpaired) electrons. The van der Waals surface area contributed by atoms with Crippen LogP contribution in [0.1, 0.15) is 28.4 Å². The van der Waals surface area contributed by atoms with E-state index in [2.05, 4.69) is 6.92 Å². The summed E-state index contributed by atoms with van der Waals surface area (Å²) in [5, 5.41) is 0. The second kappa shape index (κ2) is 7.39. The van der Waals surface area contributed by atoms with Gasteiger partial charge < -0.3 is 4.74 Å². The van der Waals surface area contributed by atoms with E-state index in [9.17, 15) is 9.59 Å². The molecule has 21 heavy (non-hydrogen) atoms. The predicted octanol–water partition coefficient (Wildman–Crippen LogP) is 3.22. The molecule has 3 heteroatoms. The van der Waals surface area contributed by atoms with E-state index in [4.69, 9.17) is 4.74 Å². The van der Waals surface area contributed by atoms with E-state index in [0.717, 1.165) is 12.0 Å². The van der Waals surface area contributed by atoms with Crippen molar-refractivity contribution in [2.24, 2.45) is 0 Å². The number of ether oxygens (including phenoxy) is 1. The monoisotopic (exact) mass is 282 g/mol. The first-order chi connectivity index (χ1) is 10.2. The third kappa shape index (κ3) is 4.56. The first-order valence-electron chi connectivity index (χ1n) is 7.00. The Morgan fingerprint density at radius 2 is 1.57 bits per heavy atom. The normalized spacial score (nSPS) is 10.1. The lowest BCUT2D eigenvalue weighted by atomic mass is 10.1. The molecular weight excluding hydrogens is 264 g/mol. The quantitative estimate of drug-likeness (QED) is 0.603. The van der Waals surface area contributed by atoms with E-state index in [-0.39, 0.29) is 24.8 Å². The number of carbonyl (C=O) groups excluding carboxylic acids is 2. The molecule has 0 amide bonds. The standard InChI is InChI=1S/C18H18O3/c1-2-14-8-10-16(11-9-14)17(19)13-21-18(20)12-15-6-4-3-5-7-15/h3-11H,2,12-13H2,1H3. The zero-order chi connectivity index (χ0) is 15.1. The largest absolute Gasteiger partial charge is 0.457 e. The number of aryl methyl sites for hydroxylation is 1. The zero-order valence-corrected chi connectivity index (χ0v) is 12.0. The number of hydrogen-bond donors (Lipinski definition) is 0. The number of esters is 1. The summed E-state index contributed by atoms with van der Waals surface area (Å²) < 4.78 is 5.03. The molecule has 3 nitrogen and oxygen atoms in total. The Morgan fingerprint density at radius 3 is 2.19 bits per heavy atom. The molecule has 0 saturated heterocycles. The van der Waals surface area contributed by atoms with Crippen LogP contribution in [0.2, 0.25) is 0 Å². The Bertz CT molecular complexity index is 600. The van der Waals surface area contributed by atoms with Crippen LogP contribution in [0.3, 0.4) is 0 Å². The maximum Gasteiger partial charge on any atom is 0.310 e. The first-order valence-corrected chi connectivity index (χ1v) is 7.00. The van der Waals surface area contributed by atoms with Crippen LogP contribution in [-0.2, 0) is 22.4 Å². The van der Waals surface area contributed by atoms with Gasteiger partial charge in [0.05, 0.1) is 6.42 Å². The van der Waals surface area contributed by atoms with Crippen molar-refractivity contribution in [3.63, 3.8) is 0 Å². The van der Waals surface area contributed by atoms with E-state index < -0.39 is 0 Å². The van der Waals surface area contributed by atoms with Crippen LogP contribution in [0.25, 0.3) is 0 Å². The van der Waals surface area contributed by atoms with Crippen molar-refractivity contribution in [3.05, 3.63) is 71.3 Å². The van der Waals surface area contributed by atoms with E-state index in [1.807, 2.05) is 42.5 Å². The van der Waals surface area contributed by atoms with Crippen LogP contribution in [-0.4, -0.2) is 18.4 Å². The van der Waals surface area contributed by atoms with Crippen LogP contribution in [0.4, 0.5) is 0 Å². The van der Waals surface area contributed by atoms with Gasteiger partial charge in [0.1, 0.15) is 0 Å². The van der Waals surface area contributed by atoms with Crippen molar-refractivity contribution >= 4 is 11.8 Å². The topological polar surface area (TPSA) is 43.4 Å². The molecule has 0 aliphatic rings. The molecule has 2 aromatic carbocycles. The van der Waals surface area contributed by atoms with Gasteiger partial charge in [-0.25, -0.2) is 0 Å². The van der Waals surface area contributed by atoms with Gasteiger partial charge in [0, 0.05) is 5.56 Å². The number of Topliss-reactive ketones (excluding diaryl/α,β-unsaturated/α-hetero) is 1. The minimum Gasteiger partial charge on any atom is -0.457 e. The molecule has 0 unspecified atom stereocenters. The zero-order valence-electron chi connectivity index (χ0n) is 12.0. The van der Waals surface area contributed by atoms with Gasteiger partial charge in [-0.3, -0.25) is 9.59 Å². The Hall–Kier alpha value is -2.42. The minimum absolute atomic E-state index is 0.181. The Kier molecular flexibility index (Phi) is 5.27. The molecule has 0 N–H and O–H groups in total. The summed E-state index contributed by atoms with van der Waals surface area (Å²) in [4.78, 5) is 23.6. The molecular formula is C18H18O3. The summed E-state index contributed by atoms with van der Waals surface area (Å²) in [6, 6.07) is 16.7. The number of carbonyl (C=O) groups is 2. The molecule has 2 aromatic rings. The molecule has 0 saturated carbocycles. The Balaban J connectivity index is 1.84. The summed E-state index contributed by atoms with van der Waals surface area (Å²) in [5.74, 6) is -0.571. The van der Waals surface area contributed by atoms with Gasteiger partial charge in [-0.15, -0.1) is 0 Å². The lowest BCUT2D eigenvalue weighted by Crippen LogP contribution is -2.15. The second-order valence-corrected chi connectivity index (χ2v) is 4.80. The third-order valence-electron chi connectivity index (χ3n) is 3.24. The Morgan fingerprint density at radius 1 is 0.905 bits per heavy atom. The van der Waals surface area contributed by atoms with Crippen LogP contribution in [0.15, 0.2) is 54.6 Å². The van der Waals surface area contributed by atoms with Crippen molar-refractivity contribution in [3.8, 4) is 0 Å². The second-order valence-electron chi connectivity index (χ2n) is 4.80. The van der Waals surface area contributed by atoms with Gasteiger partial charge in [-0.2, -0.15) is 0 Å². The van der Waals surface area contributed by atoms with Gasteiger partial charge >= 0.3 is 5.97 Å². The van der Waals surface area contributed by atoms with Crippen LogP contribution in [0, 0.1) is 0 Å². The highest BCUT2D eigenvalue weighted by atomic mass is 16.5. The Labute approximate surface area is 124 Å². The van der Waals surface area contributed by atoms with Crippen LogP contribution < -0.4 is 0 Å². The fourth-order valence-corrected chi connectivity index (χ4v) is 1.97.